The van der Waals surface area contributed by atoms with Crippen LogP contribution < -0.4 is 4.72 Å². The van der Waals surface area contributed by atoms with Crippen LogP contribution in [0, 0.1) is 11.8 Å². The first-order valence-electron chi connectivity index (χ1n) is 6.24. The van der Waals surface area contributed by atoms with Crippen molar-refractivity contribution < 1.29 is 23.4 Å². The molecule has 0 aromatic carbocycles. The van der Waals surface area contributed by atoms with E-state index in [9.17, 15) is 18.3 Å². The Morgan fingerprint density at radius 3 is 2.39 bits per heavy atom. The molecule has 0 aromatic heterocycles. The monoisotopic (exact) mass is 279 g/mol. The molecule has 18 heavy (non-hydrogen) atoms. The Morgan fingerprint density at radius 2 is 1.83 bits per heavy atom. The van der Waals surface area contributed by atoms with E-state index < -0.39 is 21.7 Å². The van der Waals surface area contributed by atoms with Gasteiger partial charge in [-0.3, -0.25) is 4.79 Å². The summed E-state index contributed by atoms with van der Waals surface area (Å²) in [7, 11) is -3.52. The summed E-state index contributed by atoms with van der Waals surface area (Å²) in [4.78, 5) is 10.3. The van der Waals surface area contributed by atoms with E-state index in [4.69, 9.17) is 5.11 Å². The van der Waals surface area contributed by atoms with E-state index in [2.05, 4.69) is 4.72 Å². The number of carboxylic acid groups (broad SMARTS) is 1. The van der Waals surface area contributed by atoms with Gasteiger partial charge in [-0.25, -0.2) is 13.1 Å². The number of nitrogens with one attached hydrogen (secondary N) is 1. The summed E-state index contributed by atoms with van der Waals surface area (Å²) in [5, 5.41) is 17.7. The van der Waals surface area contributed by atoms with Crippen LogP contribution >= 0.6 is 0 Å². The van der Waals surface area contributed by atoms with Crippen molar-refractivity contribution in [3.8, 4) is 0 Å². The van der Waals surface area contributed by atoms with Crippen LogP contribution in [0.25, 0.3) is 0 Å². The van der Waals surface area contributed by atoms with Gasteiger partial charge in [0.05, 0.1) is 12.2 Å². The minimum absolute atomic E-state index is 0.0848. The third kappa shape index (κ3) is 5.32. The molecule has 0 amide bonds. The molecule has 106 valence electrons. The average molecular weight is 279 g/mol. The van der Waals surface area contributed by atoms with Crippen LogP contribution in [0.5, 0.6) is 0 Å². The maximum atomic E-state index is 11.5. The van der Waals surface area contributed by atoms with Crippen LogP contribution in [0.4, 0.5) is 0 Å². The summed E-state index contributed by atoms with van der Waals surface area (Å²) < 4.78 is 25.5. The van der Waals surface area contributed by atoms with Crippen molar-refractivity contribution in [1.82, 2.24) is 4.72 Å². The zero-order chi connectivity index (χ0) is 13.6. The first-order chi connectivity index (χ1) is 8.44. The molecule has 1 fully saturated rings. The highest BCUT2D eigenvalue weighted by atomic mass is 32.2. The van der Waals surface area contributed by atoms with Crippen LogP contribution in [0.3, 0.4) is 0 Å². The standard InChI is InChI=1S/C11H21NO5S/c13-8-10-4-2-1-3-9(10)7-12-18(16,17)6-5-11(14)15/h9-10,12-13H,1-8H2,(H,14,15). The molecule has 2 atom stereocenters. The molecule has 2 unspecified atom stereocenters. The first-order valence-corrected chi connectivity index (χ1v) is 7.90. The summed E-state index contributed by atoms with van der Waals surface area (Å²) in [5.41, 5.74) is 0. The number of hydrogen-bond donors (Lipinski definition) is 3. The zero-order valence-corrected chi connectivity index (χ0v) is 11.2. The normalized spacial score (nSPS) is 24.9. The first kappa shape index (κ1) is 15.4. The fraction of sp³-hybridized carbons (Fsp3) is 0.909. The average Bonchev–Trinajstić information content (AvgIpc) is 2.34. The molecule has 3 N–H and O–H groups in total. The second-order valence-corrected chi connectivity index (χ2v) is 6.72. The lowest BCUT2D eigenvalue weighted by molar-refractivity contribution is -0.136. The van der Waals surface area contributed by atoms with E-state index >= 15 is 0 Å². The lowest BCUT2D eigenvalue weighted by atomic mass is 9.80. The molecule has 6 nitrogen and oxygen atoms in total. The molecule has 1 rings (SSSR count). The third-order valence-corrected chi connectivity index (χ3v) is 4.80. The molecule has 0 aliphatic heterocycles. The quantitative estimate of drug-likeness (QED) is 0.616. The minimum atomic E-state index is -3.52. The van der Waals surface area contributed by atoms with Gasteiger partial charge < -0.3 is 10.2 Å². The Balaban J connectivity index is 2.40. The van der Waals surface area contributed by atoms with Gasteiger partial charge in [0.25, 0.3) is 0 Å². The van der Waals surface area contributed by atoms with E-state index in [1.807, 2.05) is 0 Å². The molecule has 0 radical (unpaired) electrons. The molecule has 1 aliphatic rings. The molecule has 0 bridgehead atoms. The highest BCUT2D eigenvalue weighted by Gasteiger charge is 2.25. The van der Waals surface area contributed by atoms with Gasteiger partial charge in [0.1, 0.15) is 0 Å². The van der Waals surface area contributed by atoms with E-state index in [1.165, 1.54) is 0 Å². The highest BCUT2D eigenvalue weighted by Crippen LogP contribution is 2.29. The number of rotatable bonds is 7. The van der Waals surface area contributed by atoms with Crippen LogP contribution in [-0.2, 0) is 14.8 Å². The molecule has 7 heteroatoms. The Hall–Kier alpha value is -0.660. The SMILES string of the molecule is O=C(O)CCS(=O)(=O)NCC1CCCCC1CO. The number of carboxylic acids is 1. The number of aliphatic carboxylic acids is 1. The van der Waals surface area contributed by atoms with Crippen LogP contribution in [-0.4, -0.2) is 43.5 Å². The summed E-state index contributed by atoms with van der Waals surface area (Å²) in [6, 6.07) is 0. The van der Waals surface area contributed by atoms with Crippen molar-refractivity contribution >= 4 is 16.0 Å². The summed E-state index contributed by atoms with van der Waals surface area (Å²) in [5.74, 6) is -1.20. The van der Waals surface area contributed by atoms with E-state index in [-0.39, 0.29) is 24.9 Å². The second-order valence-electron chi connectivity index (χ2n) is 4.80. The van der Waals surface area contributed by atoms with Crippen molar-refractivity contribution in [2.45, 2.75) is 32.1 Å². The van der Waals surface area contributed by atoms with Gasteiger partial charge in [0.2, 0.25) is 10.0 Å². The van der Waals surface area contributed by atoms with Crippen LogP contribution in [0.15, 0.2) is 0 Å². The predicted octanol–water partition coefficient (Wildman–Crippen LogP) is 0.179. The summed E-state index contributed by atoms with van der Waals surface area (Å²) in [6.07, 6.45) is 3.58. The Morgan fingerprint density at radius 1 is 1.22 bits per heavy atom. The Labute approximate surface area is 107 Å². The van der Waals surface area contributed by atoms with Gasteiger partial charge in [-0.05, 0) is 24.7 Å². The van der Waals surface area contributed by atoms with Crippen LogP contribution in [0.2, 0.25) is 0 Å². The van der Waals surface area contributed by atoms with Crippen molar-refractivity contribution in [1.29, 1.82) is 0 Å². The molecule has 1 aliphatic carbocycles. The predicted molar refractivity (Wildman–Crippen MR) is 66.6 cm³/mol. The largest absolute Gasteiger partial charge is 0.481 e. The third-order valence-electron chi connectivity index (χ3n) is 3.45. The van der Waals surface area contributed by atoms with Gasteiger partial charge in [-0.2, -0.15) is 0 Å². The summed E-state index contributed by atoms with van der Waals surface area (Å²) >= 11 is 0. The molecular formula is C11H21NO5S. The lowest BCUT2D eigenvalue weighted by Gasteiger charge is -2.30. The molecule has 0 saturated heterocycles. The topological polar surface area (TPSA) is 104 Å². The fourth-order valence-corrected chi connectivity index (χ4v) is 3.38. The van der Waals surface area contributed by atoms with Gasteiger partial charge in [-0.15, -0.1) is 0 Å². The van der Waals surface area contributed by atoms with Crippen molar-refractivity contribution in [2.24, 2.45) is 11.8 Å². The maximum Gasteiger partial charge on any atom is 0.304 e. The van der Waals surface area contributed by atoms with Gasteiger partial charge in [0.15, 0.2) is 0 Å². The maximum absolute atomic E-state index is 11.5. The Kier molecular flexibility index (Phi) is 6.04. The van der Waals surface area contributed by atoms with Crippen molar-refractivity contribution in [2.75, 3.05) is 18.9 Å². The van der Waals surface area contributed by atoms with E-state index in [1.54, 1.807) is 0 Å². The zero-order valence-electron chi connectivity index (χ0n) is 10.3. The van der Waals surface area contributed by atoms with E-state index in [0.717, 1.165) is 25.7 Å². The van der Waals surface area contributed by atoms with Gasteiger partial charge >= 0.3 is 5.97 Å². The fourth-order valence-electron chi connectivity index (χ4n) is 2.32. The van der Waals surface area contributed by atoms with Crippen LogP contribution in [0.1, 0.15) is 32.1 Å². The summed E-state index contributed by atoms with van der Waals surface area (Å²) in [6.45, 7) is 0.384. The molecule has 0 spiro atoms. The smallest absolute Gasteiger partial charge is 0.304 e. The van der Waals surface area contributed by atoms with Crippen molar-refractivity contribution in [3.05, 3.63) is 0 Å². The number of aliphatic hydroxyl groups excluding tert-OH is 1. The number of aliphatic hydroxyl groups is 1. The van der Waals surface area contributed by atoms with E-state index in [0.29, 0.717) is 6.54 Å². The lowest BCUT2D eigenvalue weighted by Crippen LogP contribution is -2.36. The van der Waals surface area contributed by atoms with Gasteiger partial charge in [0, 0.05) is 13.2 Å². The number of sulfonamides is 1. The number of hydrogen-bond acceptors (Lipinski definition) is 4. The highest BCUT2D eigenvalue weighted by molar-refractivity contribution is 7.89. The molecule has 1 saturated carbocycles. The molecule has 0 aromatic rings. The molecular weight excluding hydrogens is 258 g/mol. The number of carbonyl (C=O) groups is 1. The van der Waals surface area contributed by atoms with Crippen molar-refractivity contribution in [3.63, 3.8) is 0 Å². The minimum Gasteiger partial charge on any atom is -0.481 e. The molecule has 0 heterocycles. The van der Waals surface area contributed by atoms with Gasteiger partial charge in [-0.1, -0.05) is 12.8 Å². The second kappa shape index (κ2) is 7.06. The Bertz CT molecular complexity index is 368.